The Hall–Kier alpha value is -1.87. The zero-order valence-corrected chi connectivity index (χ0v) is 18.6. The molecule has 1 atom stereocenters. The molecule has 8 nitrogen and oxygen atoms in total. The van der Waals surface area contributed by atoms with Crippen molar-refractivity contribution in [2.24, 2.45) is 5.16 Å². The van der Waals surface area contributed by atoms with E-state index < -0.39 is 6.10 Å². The number of nitrogens with zero attached hydrogens (tertiary/aromatic N) is 2. The molecule has 0 spiro atoms. The maximum atomic E-state index is 10.0. The van der Waals surface area contributed by atoms with Crippen molar-refractivity contribution < 1.29 is 24.2 Å². The summed E-state index contributed by atoms with van der Waals surface area (Å²) in [6.45, 7) is 6.24. The summed E-state index contributed by atoms with van der Waals surface area (Å²) >= 11 is 0. The van der Waals surface area contributed by atoms with Crippen LogP contribution in [0.2, 0.25) is 0 Å². The predicted octanol–water partition coefficient (Wildman–Crippen LogP) is 2.04. The van der Waals surface area contributed by atoms with E-state index in [1.54, 1.807) is 13.3 Å². The number of hydrogen-bond acceptors (Lipinski definition) is 8. The van der Waals surface area contributed by atoms with Gasteiger partial charge in [-0.25, -0.2) is 0 Å². The number of ether oxygens (including phenoxy) is 3. The largest absolute Gasteiger partial charge is 0.493 e. The van der Waals surface area contributed by atoms with Gasteiger partial charge in [0.1, 0.15) is 12.7 Å². The average molecular weight is 436 g/mol. The summed E-state index contributed by atoms with van der Waals surface area (Å²) in [6, 6.07) is 5.69. The minimum absolute atomic E-state index is 0.147. The van der Waals surface area contributed by atoms with Gasteiger partial charge in [-0.3, -0.25) is 4.90 Å². The number of nitrogens with one attached hydrogen (secondary N) is 1. The molecule has 0 aromatic heterocycles. The van der Waals surface area contributed by atoms with Gasteiger partial charge in [-0.1, -0.05) is 5.16 Å². The van der Waals surface area contributed by atoms with Gasteiger partial charge in [-0.2, -0.15) is 0 Å². The van der Waals surface area contributed by atoms with Crippen molar-refractivity contribution >= 4 is 6.21 Å². The van der Waals surface area contributed by atoms with Crippen molar-refractivity contribution in [3.05, 3.63) is 23.8 Å². The van der Waals surface area contributed by atoms with Crippen LogP contribution in [0.5, 0.6) is 11.5 Å². The van der Waals surface area contributed by atoms with Crippen LogP contribution in [0.1, 0.15) is 37.7 Å². The van der Waals surface area contributed by atoms with Crippen LogP contribution in [-0.4, -0.2) is 88.1 Å². The number of methoxy groups -OCH3 is 1. The lowest BCUT2D eigenvalue weighted by Gasteiger charge is -2.26. The second-order valence-electron chi connectivity index (χ2n) is 8.13. The number of aliphatic hydroxyl groups is 1. The maximum absolute atomic E-state index is 10.0. The standard InChI is InChI=1S/C23H37N3O5/c1-28-22-8-7-19(15-23(22)31-21-5-2-3-6-21)16-25-30-18-20(27)17-24-9-4-10-26-11-13-29-14-12-26/h7-8,15-16,20-21,24,27H,2-6,9-14,17-18H2,1H3/b25-16+. The highest BCUT2D eigenvalue weighted by Gasteiger charge is 2.18. The van der Waals surface area contributed by atoms with Crippen molar-refractivity contribution in [3.8, 4) is 11.5 Å². The number of benzene rings is 1. The molecule has 3 rings (SSSR count). The van der Waals surface area contributed by atoms with E-state index in [-0.39, 0.29) is 12.7 Å². The molecule has 31 heavy (non-hydrogen) atoms. The van der Waals surface area contributed by atoms with E-state index in [1.807, 2.05) is 18.2 Å². The van der Waals surface area contributed by atoms with Gasteiger partial charge in [0.05, 0.1) is 32.6 Å². The van der Waals surface area contributed by atoms with Gasteiger partial charge >= 0.3 is 0 Å². The molecule has 174 valence electrons. The molecule has 2 aliphatic rings. The molecule has 1 aromatic carbocycles. The molecule has 0 radical (unpaired) electrons. The molecule has 1 saturated heterocycles. The summed E-state index contributed by atoms with van der Waals surface area (Å²) in [5, 5.41) is 17.3. The summed E-state index contributed by atoms with van der Waals surface area (Å²) in [4.78, 5) is 7.67. The third kappa shape index (κ3) is 8.65. The van der Waals surface area contributed by atoms with Crippen LogP contribution in [0.4, 0.5) is 0 Å². The SMILES string of the molecule is COc1ccc(/C=N/OCC(O)CNCCCN2CCOCC2)cc1OC1CCCC1. The van der Waals surface area contributed by atoms with E-state index >= 15 is 0 Å². The molecule has 0 bridgehead atoms. The molecule has 2 fully saturated rings. The smallest absolute Gasteiger partial charge is 0.162 e. The van der Waals surface area contributed by atoms with E-state index in [1.165, 1.54) is 12.8 Å². The Labute approximate surface area is 185 Å². The fraction of sp³-hybridized carbons (Fsp3) is 0.696. The fourth-order valence-electron chi connectivity index (χ4n) is 3.86. The van der Waals surface area contributed by atoms with Crippen LogP contribution in [-0.2, 0) is 9.57 Å². The average Bonchev–Trinajstić information content (AvgIpc) is 3.30. The van der Waals surface area contributed by atoms with Crippen LogP contribution in [0, 0.1) is 0 Å². The first-order valence-electron chi connectivity index (χ1n) is 11.4. The van der Waals surface area contributed by atoms with Crippen LogP contribution in [0.3, 0.4) is 0 Å². The number of rotatable bonds is 13. The van der Waals surface area contributed by atoms with Crippen LogP contribution >= 0.6 is 0 Å². The molecule has 2 N–H and O–H groups in total. The zero-order chi connectivity index (χ0) is 21.7. The Morgan fingerprint density at radius 1 is 1.26 bits per heavy atom. The Morgan fingerprint density at radius 2 is 2.06 bits per heavy atom. The van der Waals surface area contributed by atoms with Crippen molar-refractivity contribution in [2.45, 2.75) is 44.3 Å². The van der Waals surface area contributed by atoms with E-state index in [0.29, 0.717) is 6.54 Å². The van der Waals surface area contributed by atoms with Crippen molar-refractivity contribution in [1.29, 1.82) is 0 Å². The maximum Gasteiger partial charge on any atom is 0.162 e. The second-order valence-corrected chi connectivity index (χ2v) is 8.13. The van der Waals surface area contributed by atoms with Gasteiger partial charge < -0.3 is 29.5 Å². The van der Waals surface area contributed by atoms with E-state index in [9.17, 15) is 5.11 Å². The molecular formula is C23H37N3O5. The highest BCUT2D eigenvalue weighted by Crippen LogP contribution is 2.32. The summed E-state index contributed by atoms with van der Waals surface area (Å²) < 4.78 is 16.9. The first kappa shape index (κ1) is 23.8. The molecule has 8 heteroatoms. The molecule has 1 heterocycles. The molecule has 1 unspecified atom stereocenters. The summed E-state index contributed by atoms with van der Waals surface area (Å²) in [5.41, 5.74) is 0.865. The summed E-state index contributed by atoms with van der Waals surface area (Å²) in [7, 11) is 1.64. The number of morpholine rings is 1. The van der Waals surface area contributed by atoms with Gasteiger partial charge in [-0.05, 0) is 63.4 Å². The minimum Gasteiger partial charge on any atom is -0.493 e. The Balaban J connectivity index is 1.31. The minimum atomic E-state index is -0.599. The quantitative estimate of drug-likeness (QED) is 0.279. The fourth-order valence-corrected chi connectivity index (χ4v) is 3.86. The first-order chi connectivity index (χ1) is 15.2. The third-order valence-electron chi connectivity index (χ3n) is 5.64. The lowest BCUT2D eigenvalue weighted by Crippen LogP contribution is -2.38. The third-order valence-corrected chi connectivity index (χ3v) is 5.64. The summed E-state index contributed by atoms with van der Waals surface area (Å²) in [6.07, 6.45) is 6.94. The molecule has 1 aromatic rings. The lowest BCUT2D eigenvalue weighted by molar-refractivity contribution is 0.0355. The van der Waals surface area contributed by atoms with Gasteiger partial charge in [0.2, 0.25) is 0 Å². The Kier molecular flexibility index (Phi) is 10.4. The lowest BCUT2D eigenvalue weighted by atomic mass is 10.2. The first-order valence-corrected chi connectivity index (χ1v) is 11.4. The van der Waals surface area contributed by atoms with Crippen molar-refractivity contribution in [2.75, 3.05) is 59.7 Å². The number of oxime groups is 1. The van der Waals surface area contributed by atoms with Gasteiger partial charge in [-0.15, -0.1) is 0 Å². The molecular weight excluding hydrogens is 398 g/mol. The Morgan fingerprint density at radius 3 is 2.84 bits per heavy atom. The van der Waals surface area contributed by atoms with E-state index in [2.05, 4.69) is 15.4 Å². The van der Waals surface area contributed by atoms with Crippen molar-refractivity contribution in [3.63, 3.8) is 0 Å². The van der Waals surface area contributed by atoms with Gasteiger partial charge in [0.25, 0.3) is 0 Å². The predicted molar refractivity (Wildman–Crippen MR) is 120 cm³/mol. The molecule has 0 amide bonds. The highest BCUT2D eigenvalue weighted by molar-refractivity contribution is 5.80. The summed E-state index contributed by atoms with van der Waals surface area (Å²) in [5.74, 6) is 1.46. The highest BCUT2D eigenvalue weighted by atomic mass is 16.6. The van der Waals surface area contributed by atoms with Crippen LogP contribution < -0.4 is 14.8 Å². The van der Waals surface area contributed by atoms with Crippen LogP contribution in [0.15, 0.2) is 23.4 Å². The van der Waals surface area contributed by atoms with Crippen molar-refractivity contribution in [1.82, 2.24) is 10.2 Å². The monoisotopic (exact) mass is 435 g/mol. The van der Waals surface area contributed by atoms with Gasteiger partial charge in [0, 0.05) is 25.2 Å². The molecule has 1 saturated carbocycles. The normalized spacial score (nSPS) is 19.0. The second kappa shape index (κ2) is 13.5. The number of aliphatic hydroxyl groups excluding tert-OH is 1. The molecule has 1 aliphatic carbocycles. The topological polar surface area (TPSA) is 84.8 Å². The van der Waals surface area contributed by atoms with E-state index in [4.69, 9.17) is 19.0 Å². The zero-order valence-electron chi connectivity index (χ0n) is 18.6. The van der Waals surface area contributed by atoms with Gasteiger partial charge in [0.15, 0.2) is 11.5 Å². The van der Waals surface area contributed by atoms with Crippen LogP contribution in [0.25, 0.3) is 0 Å². The number of hydrogen-bond donors (Lipinski definition) is 2. The Bertz CT molecular complexity index is 661. The molecule has 1 aliphatic heterocycles. The van der Waals surface area contributed by atoms with E-state index in [0.717, 1.165) is 75.7 Å².